The molecule has 3 heteroatoms. The number of aliphatic hydroxyl groups excluding tert-OH is 1. The number of unbranched alkanes of at least 4 members (excludes halogenated alkanes) is 7. The van der Waals surface area contributed by atoms with Crippen LogP contribution in [0.5, 0.6) is 0 Å². The lowest BCUT2D eigenvalue weighted by molar-refractivity contribution is -0.143. The summed E-state index contributed by atoms with van der Waals surface area (Å²) in [6.45, 7) is 4.51. The van der Waals surface area contributed by atoms with Gasteiger partial charge in [-0.05, 0) is 32.6 Å². The molecule has 1 atom stereocenters. The molecule has 0 aromatic rings. The summed E-state index contributed by atoms with van der Waals surface area (Å²) in [5.74, 6) is -0.0643. The first kappa shape index (κ1) is 18.4. The van der Waals surface area contributed by atoms with Gasteiger partial charge in [-0.1, -0.05) is 45.4 Å². The van der Waals surface area contributed by atoms with Gasteiger partial charge in [-0.25, -0.2) is 0 Å². The van der Waals surface area contributed by atoms with E-state index in [-0.39, 0.29) is 12.1 Å². The van der Waals surface area contributed by atoms with Crippen LogP contribution in [-0.4, -0.2) is 23.8 Å². The lowest BCUT2D eigenvalue weighted by Gasteiger charge is -2.06. The van der Waals surface area contributed by atoms with Gasteiger partial charge in [0.2, 0.25) is 0 Å². The number of carbonyl (C=O) groups is 1. The molecular formula is C16H32O3. The van der Waals surface area contributed by atoms with Crippen molar-refractivity contribution < 1.29 is 14.6 Å². The normalized spacial score (nSPS) is 12.4. The van der Waals surface area contributed by atoms with Gasteiger partial charge in [0.05, 0.1) is 12.7 Å². The number of rotatable bonds is 13. The zero-order valence-electron chi connectivity index (χ0n) is 12.8. The monoisotopic (exact) mass is 272 g/mol. The Hall–Kier alpha value is -0.570. The van der Waals surface area contributed by atoms with Gasteiger partial charge in [-0.3, -0.25) is 4.79 Å². The van der Waals surface area contributed by atoms with Crippen LogP contribution in [0.3, 0.4) is 0 Å². The molecule has 1 unspecified atom stereocenters. The van der Waals surface area contributed by atoms with Crippen molar-refractivity contribution in [2.45, 2.75) is 90.6 Å². The van der Waals surface area contributed by atoms with Gasteiger partial charge in [-0.15, -0.1) is 0 Å². The van der Waals surface area contributed by atoms with Crippen LogP contribution in [0.25, 0.3) is 0 Å². The number of hydrogen-bond acceptors (Lipinski definition) is 3. The van der Waals surface area contributed by atoms with Crippen LogP contribution in [0.1, 0.15) is 84.5 Å². The van der Waals surface area contributed by atoms with Gasteiger partial charge in [0.25, 0.3) is 0 Å². The topological polar surface area (TPSA) is 46.5 Å². The second-order valence-electron chi connectivity index (χ2n) is 5.44. The molecule has 0 aliphatic rings. The summed E-state index contributed by atoms with van der Waals surface area (Å²) in [7, 11) is 0. The standard InChI is InChI=1S/C16H32O3/c1-3-4-5-6-7-8-9-13-16(18)19-14-11-10-12-15(2)17/h15,17H,3-14H2,1-2H3. The van der Waals surface area contributed by atoms with Crippen LogP contribution in [0.2, 0.25) is 0 Å². The summed E-state index contributed by atoms with van der Waals surface area (Å²) in [5, 5.41) is 9.07. The quantitative estimate of drug-likeness (QED) is 0.403. The van der Waals surface area contributed by atoms with Gasteiger partial charge in [0, 0.05) is 6.42 Å². The number of hydrogen-bond donors (Lipinski definition) is 1. The van der Waals surface area contributed by atoms with Gasteiger partial charge in [0.1, 0.15) is 0 Å². The van der Waals surface area contributed by atoms with E-state index in [1.54, 1.807) is 6.92 Å². The van der Waals surface area contributed by atoms with E-state index in [9.17, 15) is 4.79 Å². The fraction of sp³-hybridized carbons (Fsp3) is 0.938. The fourth-order valence-electron chi connectivity index (χ4n) is 2.03. The second kappa shape index (κ2) is 13.9. The summed E-state index contributed by atoms with van der Waals surface area (Å²) in [4.78, 5) is 11.4. The minimum absolute atomic E-state index is 0.0643. The van der Waals surface area contributed by atoms with Crippen LogP contribution >= 0.6 is 0 Å². The first-order valence-electron chi connectivity index (χ1n) is 8.00. The summed E-state index contributed by atoms with van der Waals surface area (Å²) < 4.78 is 5.15. The second-order valence-corrected chi connectivity index (χ2v) is 5.44. The highest BCUT2D eigenvalue weighted by Crippen LogP contribution is 2.09. The van der Waals surface area contributed by atoms with Gasteiger partial charge in [-0.2, -0.15) is 0 Å². The zero-order chi connectivity index (χ0) is 14.3. The molecule has 19 heavy (non-hydrogen) atoms. The van der Waals surface area contributed by atoms with Crippen molar-refractivity contribution in [2.24, 2.45) is 0 Å². The van der Waals surface area contributed by atoms with Crippen LogP contribution in [0.4, 0.5) is 0 Å². The molecule has 1 N–H and O–H groups in total. The van der Waals surface area contributed by atoms with E-state index in [0.717, 1.165) is 32.1 Å². The van der Waals surface area contributed by atoms with E-state index >= 15 is 0 Å². The average Bonchev–Trinajstić information content (AvgIpc) is 2.37. The Morgan fingerprint density at radius 1 is 1.00 bits per heavy atom. The minimum Gasteiger partial charge on any atom is -0.466 e. The third-order valence-corrected chi connectivity index (χ3v) is 3.26. The number of ether oxygens (including phenoxy) is 1. The molecular weight excluding hydrogens is 240 g/mol. The number of aliphatic hydroxyl groups is 1. The maximum absolute atomic E-state index is 11.4. The molecule has 0 aliphatic carbocycles. The zero-order valence-corrected chi connectivity index (χ0v) is 12.8. The van der Waals surface area contributed by atoms with Crippen molar-refractivity contribution in [2.75, 3.05) is 6.61 Å². The van der Waals surface area contributed by atoms with E-state index in [0.29, 0.717) is 13.0 Å². The highest BCUT2D eigenvalue weighted by molar-refractivity contribution is 5.69. The van der Waals surface area contributed by atoms with Crippen LogP contribution in [0.15, 0.2) is 0 Å². The molecule has 0 aromatic carbocycles. The van der Waals surface area contributed by atoms with Crippen molar-refractivity contribution in [3.63, 3.8) is 0 Å². The predicted octanol–water partition coefficient (Wildman–Crippen LogP) is 4.22. The highest BCUT2D eigenvalue weighted by atomic mass is 16.5. The van der Waals surface area contributed by atoms with E-state index in [1.165, 1.54) is 32.1 Å². The lowest BCUT2D eigenvalue weighted by Crippen LogP contribution is -2.06. The molecule has 0 radical (unpaired) electrons. The SMILES string of the molecule is CCCCCCCCCC(=O)OCCCCC(C)O. The van der Waals surface area contributed by atoms with E-state index in [4.69, 9.17) is 9.84 Å². The molecule has 0 amide bonds. The number of carbonyl (C=O) groups excluding carboxylic acids is 1. The molecule has 0 spiro atoms. The van der Waals surface area contributed by atoms with E-state index in [1.807, 2.05) is 0 Å². The summed E-state index contributed by atoms with van der Waals surface area (Å²) in [6, 6.07) is 0. The van der Waals surface area contributed by atoms with E-state index < -0.39 is 0 Å². The summed E-state index contributed by atoms with van der Waals surface area (Å²) in [6.07, 6.45) is 11.4. The molecule has 0 aromatic heterocycles. The molecule has 0 bridgehead atoms. The van der Waals surface area contributed by atoms with Crippen LogP contribution < -0.4 is 0 Å². The lowest BCUT2D eigenvalue weighted by atomic mass is 10.1. The maximum Gasteiger partial charge on any atom is 0.305 e. The van der Waals surface area contributed by atoms with Gasteiger partial charge in [0.15, 0.2) is 0 Å². The van der Waals surface area contributed by atoms with Crippen LogP contribution in [-0.2, 0) is 9.53 Å². The van der Waals surface area contributed by atoms with Crippen molar-refractivity contribution in [1.29, 1.82) is 0 Å². The number of esters is 1. The highest BCUT2D eigenvalue weighted by Gasteiger charge is 2.02. The third-order valence-electron chi connectivity index (χ3n) is 3.26. The Labute approximate surface area is 118 Å². The van der Waals surface area contributed by atoms with Gasteiger partial charge >= 0.3 is 5.97 Å². The molecule has 114 valence electrons. The van der Waals surface area contributed by atoms with Crippen LogP contribution in [0, 0.1) is 0 Å². The van der Waals surface area contributed by atoms with Crippen molar-refractivity contribution in [3.05, 3.63) is 0 Å². The summed E-state index contributed by atoms with van der Waals surface area (Å²) >= 11 is 0. The van der Waals surface area contributed by atoms with Gasteiger partial charge < -0.3 is 9.84 Å². The first-order valence-corrected chi connectivity index (χ1v) is 8.00. The first-order chi connectivity index (χ1) is 9.16. The molecule has 0 aliphatic heterocycles. The van der Waals surface area contributed by atoms with Crippen molar-refractivity contribution >= 4 is 5.97 Å². The average molecular weight is 272 g/mol. The summed E-state index contributed by atoms with van der Waals surface area (Å²) in [5.41, 5.74) is 0. The molecule has 0 rings (SSSR count). The maximum atomic E-state index is 11.4. The molecule has 0 saturated carbocycles. The smallest absolute Gasteiger partial charge is 0.305 e. The molecule has 3 nitrogen and oxygen atoms in total. The van der Waals surface area contributed by atoms with E-state index in [2.05, 4.69) is 6.92 Å². The predicted molar refractivity (Wildman–Crippen MR) is 79.1 cm³/mol. The molecule has 0 saturated heterocycles. The largest absolute Gasteiger partial charge is 0.466 e. The Morgan fingerprint density at radius 3 is 2.26 bits per heavy atom. The molecule has 0 fully saturated rings. The molecule has 0 heterocycles. The Kier molecular flexibility index (Phi) is 13.4. The fourth-order valence-corrected chi connectivity index (χ4v) is 2.03. The van der Waals surface area contributed by atoms with Crippen molar-refractivity contribution in [1.82, 2.24) is 0 Å². The Bertz CT molecular complexity index is 202. The Morgan fingerprint density at radius 2 is 1.63 bits per heavy atom. The third kappa shape index (κ3) is 15.4. The Balaban J connectivity index is 3.17. The van der Waals surface area contributed by atoms with Crippen molar-refractivity contribution in [3.8, 4) is 0 Å². The minimum atomic E-state index is -0.247.